The van der Waals surface area contributed by atoms with E-state index in [2.05, 4.69) is 17.6 Å². The summed E-state index contributed by atoms with van der Waals surface area (Å²) >= 11 is 1.62. The quantitative estimate of drug-likeness (QED) is 0.285. The average Bonchev–Trinajstić information content (AvgIpc) is 3.63. The van der Waals surface area contributed by atoms with Crippen molar-refractivity contribution in [2.45, 2.75) is 62.6 Å². The summed E-state index contributed by atoms with van der Waals surface area (Å²) in [6, 6.07) is 21.3. The van der Waals surface area contributed by atoms with Crippen LogP contribution in [0.3, 0.4) is 0 Å². The van der Waals surface area contributed by atoms with E-state index >= 15 is 0 Å². The van der Waals surface area contributed by atoms with Crippen LogP contribution >= 0.6 is 11.8 Å². The van der Waals surface area contributed by atoms with Gasteiger partial charge in [-0.1, -0.05) is 49.4 Å². The minimum Gasteiger partial charge on any atom is -0.494 e. The Kier molecular flexibility index (Phi) is 8.68. The molecule has 3 aliphatic rings. The maximum atomic E-state index is 14.7. The van der Waals surface area contributed by atoms with Crippen LogP contribution in [0.1, 0.15) is 37.0 Å². The van der Waals surface area contributed by atoms with Crippen molar-refractivity contribution in [3.05, 3.63) is 89.5 Å². The molecular weight excluding hydrogens is 586 g/mol. The van der Waals surface area contributed by atoms with Crippen molar-refractivity contribution in [3.8, 4) is 5.75 Å². The molecule has 3 amide bonds. The molecule has 6 rings (SSSR count). The maximum absolute atomic E-state index is 14.7. The zero-order valence-corrected chi connectivity index (χ0v) is 27.0. The molecule has 3 N–H and O–H groups in total. The number of carbonyl (C=O) groups is 3. The molecule has 3 saturated heterocycles. The molecule has 3 aromatic rings. The second kappa shape index (κ2) is 12.5. The fourth-order valence-corrected chi connectivity index (χ4v) is 10.1. The third-order valence-corrected chi connectivity index (χ3v) is 11.8. The number of aliphatic hydroxyl groups excluding tert-OH is 1. The molecule has 3 aliphatic heterocycles. The predicted molar refractivity (Wildman–Crippen MR) is 177 cm³/mol. The summed E-state index contributed by atoms with van der Waals surface area (Å²) in [4.78, 5) is 44.9. The molecule has 45 heavy (non-hydrogen) atoms. The van der Waals surface area contributed by atoms with Crippen molar-refractivity contribution in [2.24, 2.45) is 17.8 Å². The van der Waals surface area contributed by atoms with Crippen LogP contribution in [0.25, 0.3) is 0 Å². The number of aliphatic hydroxyl groups is 1. The van der Waals surface area contributed by atoms with Crippen molar-refractivity contribution in [2.75, 3.05) is 23.8 Å². The monoisotopic (exact) mass is 627 g/mol. The highest BCUT2D eigenvalue weighted by Gasteiger charge is 2.76. The molecule has 0 aliphatic carbocycles. The van der Waals surface area contributed by atoms with Crippen LogP contribution in [-0.4, -0.2) is 63.0 Å². The van der Waals surface area contributed by atoms with Crippen molar-refractivity contribution < 1.29 is 24.2 Å². The molecule has 3 fully saturated rings. The Morgan fingerprint density at radius 2 is 1.78 bits per heavy atom. The number of amides is 3. The van der Waals surface area contributed by atoms with Gasteiger partial charge in [-0.3, -0.25) is 14.4 Å². The Balaban J connectivity index is 1.37. The van der Waals surface area contributed by atoms with Gasteiger partial charge in [0, 0.05) is 16.6 Å². The van der Waals surface area contributed by atoms with Crippen LogP contribution < -0.4 is 15.4 Å². The number of carbonyl (C=O) groups excluding carboxylic acids is 3. The second-order valence-corrected chi connectivity index (χ2v) is 14.1. The number of likely N-dealkylation sites (tertiary alicyclic amines) is 1. The van der Waals surface area contributed by atoms with Gasteiger partial charge in [-0.25, -0.2) is 0 Å². The highest BCUT2D eigenvalue weighted by atomic mass is 32.2. The van der Waals surface area contributed by atoms with Crippen LogP contribution in [0.4, 0.5) is 11.4 Å². The summed E-state index contributed by atoms with van der Waals surface area (Å²) in [5, 5.41) is 16.8. The Morgan fingerprint density at radius 3 is 2.47 bits per heavy atom. The highest BCUT2D eigenvalue weighted by molar-refractivity contribution is 8.02. The average molecular weight is 628 g/mol. The van der Waals surface area contributed by atoms with E-state index in [1.54, 1.807) is 28.8 Å². The molecule has 0 saturated carbocycles. The Bertz CT molecular complexity index is 1580. The Hall–Kier alpha value is -3.82. The summed E-state index contributed by atoms with van der Waals surface area (Å²) in [5.41, 5.74) is 4.22. The first-order valence-electron chi connectivity index (χ1n) is 15.7. The molecule has 236 valence electrons. The van der Waals surface area contributed by atoms with Crippen LogP contribution in [0.2, 0.25) is 0 Å². The van der Waals surface area contributed by atoms with Crippen LogP contribution in [0, 0.1) is 31.6 Å². The van der Waals surface area contributed by atoms with Gasteiger partial charge in [0.2, 0.25) is 17.7 Å². The summed E-state index contributed by atoms with van der Waals surface area (Å²) in [7, 11) is 0. The summed E-state index contributed by atoms with van der Waals surface area (Å²) in [6.45, 7) is 8.17. The third-order valence-electron chi connectivity index (χ3n) is 9.74. The molecule has 0 radical (unpaired) electrons. The van der Waals surface area contributed by atoms with Gasteiger partial charge in [0.15, 0.2) is 0 Å². The predicted octanol–water partition coefficient (Wildman–Crippen LogP) is 5.22. The van der Waals surface area contributed by atoms with Gasteiger partial charge in [-0.05, 0) is 86.6 Å². The Labute approximate surface area is 268 Å². The molecule has 1 spiro atoms. The van der Waals surface area contributed by atoms with Crippen LogP contribution in [0.5, 0.6) is 5.75 Å². The largest absolute Gasteiger partial charge is 0.494 e. The molecule has 9 heteroatoms. The molecule has 8 nitrogen and oxygen atoms in total. The number of nitrogens with one attached hydrogen (secondary N) is 2. The fraction of sp³-hybridized carbons (Fsp3) is 0.417. The lowest BCUT2D eigenvalue weighted by molar-refractivity contribution is -0.141. The van der Waals surface area contributed by atoms with Gasteiger partial charge >= 0.3 is 0 Å². The second-order valence-electron chi connectivity index (χ2n) is 12.6. The molecular formula is C36H41N3O5S. The van der Waals surface area contributed by atoms with Gasteiger partial charge in [-0.2, -0.15) is 0 Å². The van der Waals surface area contributed by atoms with Gasteiger partial charge < -0.3 is 25.4 Å². The number of thioether (sulfide) groups is 1. The number of hydrogen-bond acceptors (Lipinski definition) is 6. The van der Waals surface area contributed by atoms with E-state index in [4.69, 9.17) is 4.74 Å². The molecule has 3 unspecified atom stereocenters. The maximum Gasteiger partial charge on any atom is 0.248 e. The molecule has 3 aromatic carbocycles. The first-order valence-corrected chi connectivity index (χ1v) is 16.6. The minimum absolute atomic E-state index is 0.00593. The summed E-state index contributed by atoms with van der Waals surface area (Å²) in [6.07, 6.45) is 1.12. The van der Waals surface area contributed by atoms with Gasteiger partial charge in [0.1, 0.15) is 11.8 Å². The Morgan fingerprint density at radius 1 is 1.04 bits per heavy atom. The van der Waals surface area contributed by atoms with Gasteiger partial charge in [-0.15, -0.1) is 11.8 Å². The third kappa shape index (κ3) is 5.50. The lowest BCUT2D eigenvalue weighted by Crippen LogP contribution is -2.57. The van der Waals surface area contributed by atoms with E-state index in [-0.39, 0.29) is 35.5 Å². The standard InChI is InChI=1S/C36H41N3O5S/c1-5-44-27-15-13-25(14-16-27)37-33(41)30-29-18-23(4)36(45-29)31(30)35(43)39(26(20-40)19-24-9-7-6-8-10-24)32(36)34(42)38-28-17-21(2)11-12-22(28)3/h6-17,23,26,29-32,40H,5,18-20H2,1-4H3,(H,37,41)(H,38,42)/t23?,26-,29-,30+,31+,32?,36?/m1/s1. The van der Waals surface area contributed by atoms with E-state index in [1.165, 1.54) is 0 Å². The van der Waals surface area contributed by atoms with Gasteiger partial charge in [0.05, 0.1) is 35.8 Å². The first-order chi connectivity index (χ1) is 21.7. The smallest absolute Gasteiger partial charge is 0.248 e. The molecule has 3 heterocycles. The van der Waals surface area contributed by atoms with Crippen molar-refractivity contribution in [1.29, 1.82) is 0 Å². The van der Waals surface area contributed by atoms with E-state index in [0.717, 1.165) is 23.1 Å². The topological polar surface area (TPSA) is 108 Å². The summed E-state index contributed by atoms with van der Waals surface area (Å²) < 4.78 is 4.73. The van der Waals surface area contributed by atoms with Gasteiger partial charge in [0.25, 0.3) is 0 Å². The normalized spacial score (nSPS) is 27.3. The number of aryl methyl sites for hydroxylation is 2. The first kappa shape index (κ1) is 31.2. The van der Waals surface area contributed by atoms with E-state index in [9.17, 15) is 19.5 Å². The van der Waals surface area contributed by atoms with E-state index in [0.29, 0.717) is 30.2 Å². The number of anilines is 2. The highest BCUT2D eigenvalue weighted by Crippen LogP contribution is 2.69. The molecule has 7 atom stereocenters. The number of rotatable bonds is 10. The fourth-order valence-electron chi connectivity index (χ4n) is 7.69. The summed E-state index contributed by atoms with van der Waals surface area (Å²) in [5.74, 6) is -1.32. The molecule has 0 aromatic heterocycles. The van der Waals surface area contributed by atoms with Crippen LogP contribution in [-0.2, 0) is 20.8 Å². The zero-order valence-electron chi connectivity index (χ0n) is 26.2. The van der Waals surface area contributed by atoms with Crippen molar-refractivity contribution >= 4 is 40.9 Å². The molecule has 2 bridgehead atoms. The lowest BCUT2D eigenvalue weighted by Gasteiger charge is -2.40. The SMILES string of the molecule is CCOc1ccc(NC(=O)[C@@H]2[C@H]3C(=O)N([C@@H](CO)Cc4ccccc4)C(C(=O)Nc4cc(C)ccc4C)C34S[C@@H]2CC4C)cc1. The number of hydrogen-bond donors (Lipinski definition) is 3. The van der Waals surface area contributed by atoms with E-state index < -0.39 is 28.7 Å². The van der Waals surface area contributed by atoms with E-state index in [1.807, 2.05) is 81.4 Å². The number of fused-ring (bicyclic) bond motifs is 1. The number of ether oxygens (including phenoxy) is 1. The van der Waals surface area contributed by atoms with Crippen LogP contribution in [0.15, 0.2) is 72.8 Å². The lowest BCUT2D eigenvalue weighted by atomic mass is 9.66. The number of nitrogens with zero attached hydrogens (tertiary/aromatic N) is 1. The zero-order chi connectivity index (χ0) is 31.9. The van der Waals surface area contributed by atoms with Crippen molar-refractivity contribution in [1.82, 2.24) is 4.90 Å². The minimum atomic E-state index is -0.857. The van der Waals surface area contributed by atoms with Crippen molar-refractivity contribution in [3.63, 3.8) is 0 Å². The number of benzene rings is 3.